The fourth-order valence-corrected chi connectivity index (χ4v) is 1.92. The fourth-order valence-electron chi connectivity index (χ4n) is 1.92. The van der Waals surface area contributed by atoms with Crippen LogP contribution in [-0.2, 0) is 0 Å². The first-order valence-electron chi connectivity index (χ1n) is 4.82. The first-order chi connectivity index (χ1) is 6.00. The van der Waals surface area contributed by atoms with Gasteiger partial charge in [-0.15, -0.1) is 0 Å². The van der Waals surface area contributed by atoms with E-state index < -0.39 is 12.2 Å². The van der Waals surface area contributed by atoms with Gasteiger partial charge in [0.2, 0.25) is 0 Å². The Kier molecular flexibility index (Phi) is 3.59. The van der Waals surface area contributed by atoms with Crippen LogP contribution in [-0.4, -0.2) is 12.2 Å². The summed E-state index contributed by atoms with van der Waals surface area (Å²) < 4.78 is 36.2. The van der Waals surface area contributed by atoms with Gasteiger partial charge in [0.1, 0.15) is 6.04 Å². The predicted molar refractivity (Wildman–Crippen MR) is 45.2 cm³/mol. The number of nitrogens with two attached hydrogens (primary N) is 1. The molecule has 0 heterocycles. The maximum Gasteiger partial charge on any atom is 0.403 e. The molecule has 0 aromatic heterocycles. The molecule has 0 unspecified atom stereocenters. The van der Waals surface area contributed by atoms with Crippen LogP contribution in [0, 0.1) is 5.92 Å². The number of rotatable bonds is 2. The van der Waals surface area contributed by atoms with Gasteiger partial charge < -0.3 is 5.73 Å². The van der Waals surface area contributed by atoms with Crippen LogP contribution >= 0.6 is 0 Å². The highest BCUT2D eigenvalue weighted by Gasteiger charge is 2.37. The van der Waals surface area contributed by atoms with E-state index in [1.54, 1.807) is 0 Å². The van der Waals surface area contributed by atoms with Crippen LogP contribution in [0.15, 0.2) is 0 Å². The molecule has 0 aromatic carbocycles. The van der Waals surface area contributed by atoms with Crippen molar-refractivity contribution in [3.8, 4) is 0 Å². The summed E-state index contributed by atoms with van der Waals surface area (Å²) in [6.07, 6.45) is 1.04. The van der Waals surface area contributed by atoms with Gasteiger partial charge in [-0.1, -0.05) is 32.1 Å². The average molecular weight is 195 g/mol. The van der Waals surface area contributed by atoms with Gasteiger partial charge in [-0.05, 0) is 12.3 Å². The minimum absolute atomic E-state index is 0.115. The van der Waals surface area contributed by atoms with Crippen molar-refractivity contribution in [3.05, 3.63) is 0 Å². The minimum Gasteiger partial charge on any atom is -0.320 e. The Morgan fingerprint density at radius 2 is 1.69 bits per heavy atom. The van der Waals surface area contributed by atoms with E-state index in [0.717, 1.165) is 32.1 Å². The van der Waals surface area contributed by atoms with Gasteiger partial charge in [-0.2, -0.15) is 13.2 Å². The van der Waals surface area contributed by atoms with Gasteiger partial charge in [0.05, 0.1) is 0 Å². The predicted octanol–water partition coefficient (Wildman–Crippen LogP) is 2.85. The Labute approximate surface area is 76.5 Å². The smallest absolute Gasteiger partial charge is 0.320 e. The molecule has 1 fully saturated rings. The van der Waals surface area contributed by atoms with Crippen molar-refractivity contribution in [2.75, 3.05) is 0 Å². The number of hydrogen-bond acceptors (Lipinski definition) is 1. The molecule has 0 saturated heterocycles. The average Bonchev–Trinajstić information content (AvgIpc) is 2.04. The first-order valence-corrected chi connectivity index (χ1v) is 4.82. The number of alkyl halides is 3. The van der Waals surface area contributed by atoms with Crippen LogP contribution in [0.2, 0.25) is 0 Å². The highest BCUT2D eigenvalue weighted by atomic mass is 19.4. The molecule has 78 valence electrons. The molecule has 2 N–H and O–H groups in total. The van der Waals surface area contributed by atoms with Gasteiger partial charge in [-0.3, -0.25) is 0 Å². The van der Waals surface area contributed by atoms with Gasteiger partial charge in [0.15, 0.2) is 0 Å². The quantitative estimate of drug-likeness (QED) is 0.720. The van der Waals surface area contributed by atoms with E-state index in [9.17, 15) is 13.2 Å². The second kappa shape index (κ2) is 4.31. The lowest BCUT2D eigenvalue weighted by atomic mass is 9.85. The van der Waals surface area contributed by atoms with E-state index in [1.807, 2.05) is 0 Å². The molecule has 1 aliphatic carbocycles. The fraction of sp³-hybridized carbons (Fsp3) is 1.00. The van der Waals surface area contributed by atoms with E-state index in [0.29, 0.717) is 0 Å². The van der Waals surface area contributed by atoms with Gasteiger partial charge in [0.25, 0.3) is 0 Å². The van der Waals surface area contributed by atoms with Gasteiger partial charge in [0, 0.05) is 0 Å². The second-order valence-electron chi connectivity index (χ2n) is 3.89. The van der Waals surface area contributed by atoms with Crippen LogP contribution in [0.5, 0.6) is 0 Å². The number of halogens is 3. The van der Waals surface area contributed by atoms with Crippen molar-refractivity contribution in [3.63, 3.8) is 0 Å². The normalized spacial score (nSPS) is 23.1. The molecular formula is C9H16F3N. The maximum atomic E-state index is 12.1. The summed E-state index contributed by atoms with van der Waals surface area (Å²) in [4.78, 5) is 0. The molecule has 0 aliphatic heterocycles. The highest BCUT2D eigenvalue weighted by Crippen LogP contribution is 2.31. The minimum atomic E-state index is -4.21. The van der Waals surface area contributed by atoms with Crippen molar-refractivity contribution < 1.29 is 13.2 Å². The third-order valence-corrected chi connectivity index (χ3v) is 2.73. The summed E-state index contributed by atoms with van der Waals surface area (Å²) >= 11 is 0. The van der Waals surface area contributed by atoms with Crippen LogP contribution < -0.4 is 5.73 Å². The summed E-state index contributed by atoms with van der Waals surface area (Å²) in [5, 5.41) is 0. The first kappa shape index (κ1) is 10.8. The third-order valence-electron chi connectivity index (χ3n) is 2.73. The van der Waals surface area contributed by atoms with Crippen LogP contribution in [0.3, 0.4) is 0 Å². The molecular weight excluding hydrogens is 179 g/mol. The lowest BCUT2D eigenvalue weighted by Gasteiger charge is -2.25. The standard InChI is InChI=1S/C9H16F3N/c10-9(11,12)8(13)6-7-4-2-1-3-5-7/h7-8H,1-6,13H2/t8-/m0/s1. The number of hydrogen-bond donors (Lipinski definition) is 1. The van der Waals surface area contributed by atoms with Crippen molar-refractivity contribution >= 4 is 0 Å². The molecule has 1 atom stereocenters. The molecule has 1 aliphatic rings. The Bertz CT molecular complexity index is 149. The lowest BCUT2D eigenvalue weighted by molar-refractivity contribution is -0.151. The summed E-state index contributed by atoms with van der Waals surface area (Å²) in [6.45, 7) is 0. The van der Waals surface area contributed by atoms with Crippen molar-refractivity contribution in [2.45, 2.75) is 50.7 Å². The second-order valence-corrected chi connectivity index (χ2v) is 3.89. The summed E-state index contributed by atoms with van der Waals surface area (Å²) in [5.74, 6) is 0.199. The molecule has 0 spiro atoms. The molecule has 0 aromatic rings. The van der Waals surface area contributed by atoms with Gasteiger partial charge >= 0.3 is 6.18 Å². The highest BCUT2D eigenvalue weighted by molar-refractivity contribution is 4.76. The van der Waals surface area contributed by atoms with Crippen molar-refractivity contribution in [1.29, 1.82) is 0 Å². The van der Waals surface area contributed by atoms with E-state index in [2.05, 4.69) is 0 Å². The summed E-state index contributed by atoms with van der Waals surface area (Å²) in [7, 11) is 0. The SMILES string of the molecule is N[C@@H](CC1CCCCC1)C(F)(F)F. The molecule has 1 nitrogen and oxygen atoms in total. The van der Waals surface area contributed by atoms with Crippen LogP contribution in [0.1, 0.15) is 38.5 Å². The lowest BCUT2D eigenvalue weighted by Crippen LogP contribution is -2.39. The van der Waals surface area contributed by atoms with Crippen molar-refractivity contribution in [1.82, 2.24) is 0 Å². The summed E-state index contributed by atoms with van der Waals surface area (Å²) in [6, 6.07) is -1.62. The van der Waals surface area contributed by atoms with E-state index in [1.165, 1.54) is 0 Å². The molecule has 1 saturated carbocycles. The monoisotopic (exact) mass is 195 g/mol. The maximum absolute atomic E-state index is 12.1. The zero-order valence-corrected chi connectivity index (χ0v) is 7.61. The molecule has 0 radical (unpaired) electrons. The van der Waals surface area contributed by atoms with E-state index in [4.69, 9.17) is 5.73 Å². The van der Waals surface area contributed by atoms with E-state index >= 15 is 0 Å². The summed E-state index contributed by atoms with van der Waals surface area (Å²) in [5.41, 5.74) is 5.06. The Morgan fingerprint density at radius 3 is 2.15 bits per heavy atom. The Morgan fingerprint density at radius 1 is 1.15 bits per heavy atom. The third kappa shape index (κ3) is 3.55. The molecule has 13 heavy (non-hydrogen) atoms. The largest absolute Gasteiger partial charge is 0.403 e. The van der Waals surface area contributed by atoms with Crippen LogP contribution in [0.4, 0.5) is 13.2 Å². The van der Waals surface area contributed by atoms with Crippen LogP contribution in [0.25, 0.3) is 0 Å². The van der Waals surface area contributed by atoms with Crippen molar-refractivity contribution in [2.24, 2.45) is 11.7 Å². The van der Waals surface area contributed by atoms with Gasteiger partial charge in [-0.25, -0.2) is 0 Å². The molecule has 0 bridgehead atoms. The Hall–Kier alpha value is -0.250. The zero-order chi connectivity index (χ0) is 9.90. The molecule has 1 rings (SSSR count). The molecule has 0 amide bonds. The molecule has 4 heteroatoms. The Balaban J connectivity index is 2.30. The van der Waals surface area contributed by atoms with E-state index in [-0.39, 0.29) is 12.3 Å². The topological polar surface area (TPSA) is 26.0 Å². The zero-order valence-electron chi connectivity index (χ0n) is 7.61.